The van der Waals surface area contributed by atoms with E-state index in [0.29, 0.717) is 22.4 Å². The van der Waals surface area contributed by atoms with E-state index in [-0.39, 0.29) is 31.8 Å². The van der Waals surface area contributed by atoms with Gasteiger partial charge >= 0.3 is 0 Å². The number of nitrogens with one attached hydrogen (secondary N) is 2. The lowest BCUT2D eigenvalue weighted by Gasteiger charge is -2.29. The lowest BCUT2D eigenvalue weighted by Crippen LogP contribution is -2.43. The fourth-order valence-electron chi connectivity index (χ4n) is 3.96. The van der Waals surface area contributed by atoms with Crippen molar-refractivity contribution in [3.63, 3.8) is 0 Å². The van der Waals surface area contributed by atoms with Crippen LogP contribution in [-0.4, -0.2) is 35.9 Å². The van der Waals surface area contributed by atoms with Crippen molar-refractivity contribution >= 4 is 16.8 Å². The fourth-order valence-corrected chi connectivity index (χ4v) is 3.96. The van der Waals surface area contributed by atoms with Crippen molar-refractivity contribution < 1.29 is 19.4 Å². The molecule has 0 radical (unpaired) electrons. The Balaban J connectivity index is 0.00000240. The largest absolute Gasteiger partial charge is 0.349 e. The second kappa shape index (κ2) is 8.07. The van der Waals surface area contributed by atoms with E-state index >= 15 is 0 Å². The van der Waals surface area contributed by atoms with Gasteiger partial charge in [0.05, 0.1) is 17.6 Å². The van der Waals surface area contributed by atoms with Gasteiger partial charge in [-0.2, -0.15) is 0 Å². The number of pyridine rings is 1. The minimum atomic E-state index is -2.34. The number of nitrogens with zero attached hydrogens (tertiary/aromatic N) is 1. The van der Waals surface area contributed by atoms with E-state index in [1.54, 1.807) is 12.1 Å². The maximum atomic E-state index is 14.3. The Bertz CT molecular complexity index is 868. The molecule has 0 atom stereocenters. The Morgan fingerprint density at radius 2 is 1.82 bits per heavy atom. The molecule has 2 aliphatic rings. The smallest absolute Gasteiger partial charge is 0.253 e. The van der Waals surface area contributed by atoms with Crippen LogP contribution in [0.25, 0.3) is 10.9 Å². The molecule has 1 aromatic heterocycles. The van der Waals surface area contributed by atoms with Gasteiger partial charge in [0.2, 0.25) is 0 Å². The molecule has 0 saturated heterocycles. The van der Waals surface area contributed by atoms with Gasteiger partial charge in [-0.1, -0.05) is 0 Å². The molecule has 0 spiro atoms. The number of hydrogen-bond acceptors (Lipinski definition) is 3. The number of alkyl halides is 2. The number of carbonyl (C=O) groups is 1. The fraction of sp³-hybridized carbons (Fsp3) is 0.524. The van der Waals surface area contributed by atoms with E-state index in [2.05, 4.69) is 15.6 Å². The molecule has 4 rings (SSSR count). The Labute approximate surface area is 163 Å². The molecular formula is C21H26F3N3O. The topological polar surface area (TPSA) is 54.0 Å². The van der Waals surface area contributed by atoms with Crippen molar-refractivity contribution in [2.24, 2.45) is 0 Å². The van der Waals surface area contributed by atoms with Gasteiger partial charge in [-0.25, -0.2) is 13.2 Å². The third-order valence-corrected chi connectivity index (χ3v) is 5.70. The monoisotopic (exact) mass is 393 g/mol. The number of carbonyl (C=O) groups excluding carboxylic acids is 1. The van der Waals surface area contributed by atoms with Crippen LogP contribution in [0.5, 0.6) is 0 Å². The molecule has 2 fully saturated rings. The molecule has 2 aromatic rings. The lowest BCUT2D eigenvalue weighted by atomic mass is 9.91. The van der Waals surface area contributed by atoms with E-state index in [1.807, 2.05) is 0 Å². The number of benzene rings is 1. The number of rotatable bonds is 6. The highest BCUT2D eigenvalue weighted by Gasteiger charge is 2.27. The third kappa shape index (κ3) is 4.46. The van der Waals surface area contributed by atoms with Gasteiger partial charge < -0.3 is 10.6 Å². The Morgan fingerprint density at radius 1 is 1.11 bits per heavy atom. The molecule has 1 amide bonds. The summed E-state index contributed by atoms with van der Waals surface area (Å²) in [7, 11) is 0. The van der Waals surface area contributed by atoms with Crippen LogP contribution >= 0.6 is 0 Å². The van der Waals surface area contributed by atoms with Crippen LogP contribution < -0.4 is 10.6 Å². The molecule has 0 bridgehead atoms. The van der Waals surface area contributed by atoms with Gasteiger partial charge in [-0.3, -0.25) is 9.78 Å². The SMILES string of the molecule is O=C(NC1CCC(NCC(F)F)CC1)c1cnc2cc(C3CC3)c(F)cc2c1.[HH]. The Hall–Kier alpha value is -2.15. The van der Waals surface area contributed by atoms with E-state index in [1.165, 1.54) is 12.3 Å². The highest BCUT2D eigenvalue weighted by atomic mass is 19.3. The number of amides is 1. The average molecular weight is 393 g/mol. The number of aromatic nitrogens is 1. The zero-order valence-electron chi connectivity index (χ0n) is 15.6. The molecule has 1 heterocycles. The van der Waals surface area contributed by atoms with E-state index in [0.717, 1.165) is 44.1 Å². The van der Waals surface area contributed by atoms with Crippen LogP contribution in [0.1, 0.15) is 61.8 Å². The number of hydrogen-bond donors (Lipinski definition) is 2. The normalized spacial score (nSPS) is 22.6. The first kappa shape index (κ1) is 19.2. The predicted molar refractivity (Wildman–Crippen MR) is 103 cm³/mol. The molecule has 2 N–H and O–H groups in total. The highest BCUT2D eigenvalue weighted by molar-refractivity contribution is 5.97. The number of fused-ring (bicyclic) bond motifs is 1. The van der Waals surface area contributed by atoms with Gasteiger partial charge in [-0.15, -0.1) is 0 Å². The molecule has 28 heavy (non-hydrogen) atoms. The second-order valence-electron chi connectivity index (χ2n) is 7.89. The van der Waals surface area contributed by atoms with E-state index in [9.17, 15) is 18.0 Å². The summed E-state index contributed by atoms with van der Waals surface area (Å²) in [6, 6.07) is 5.02. The molecule has 7 heteroatoms. The van der Waals surface area contributed by atoms with Gasteiger partial charge in [-0.05, 0) is 68.2 Å². The quantitative estimate of drug-likeness (QED) is 0.765. The van der Waals surface area contributed by atoms with Gasteiger partial charge in [0.1, 0.15) is 5.82 Å². The molecule has 2 saturated carbocycles. The summed E-state index contributed by atoms with van der Waals surface area (Å²) >= 11 is 0. The van der Waals surface area contributed by atoms with Crippen molar-refractivity contribution in [1.29, 1.82) is 0 Å². The summed E-state index contributed by atoms with van der Waals surface area (Å²) in [5.41, 5.74) is 1.82. The van der Waals surface area contributed by atoms with Crippen LogP contribution in [0.3, 0.4) is 0 Å². The summed E-state index contributed by atoms with van der Waals surface area (Å²) < 4.78 is 38.8. The van der Waals surface area contributed by atoms with Crippen molar-refractivity contribution in [1.82, 2.24) is 15.6 Å². The summed E-state index contributed by atoms with van der Waals surface area (Å²) in [5, 5.41) is 6.47. The molecule has 1 aromatic carbocycles. The van der Waals surface area contributed by atoms with Crippen LogP contribution in [0.4, 0.5) is 13.2 Å². The molecule has 4 nitrogen and oxygen atoms in total. The average Bonchev–Trinajstić information content (AvgIpc) is 3.51. The first-order valence-electron chi connectivity index (χ1n) is 9.91. The van der Waals surface area contributed by atoms with E-state index in [4.69, 9.17) is 0 Å². The van der Waals surface area contributed by atoms with Gasteiger partial charge in [0, 0.05) is 25.1 Å². The first-order valence-corrected chi connectivity index (χ1v) is 9.91. The van der Waals surface area contributed by atoms with Crippen molar-refractivity contribution in [2.45, 2.75) is 63.0 Å². The summed E-state index contributed by atoms with van der Waals surface area (Å²) in [5.74, 6) is -0.159. The number of halogens is 3. The van der Waals surface area contributed by atoms with Gasteiger partial charge in [0.15, 0.2) is 0 Å². The zero-order chi connectivity index (χ0) is 19.7. The minimum absolute atomic E-state index is 0. The van der Waals surface area contributed by atoms with Crippen LogP contribution in [0.2, 0.25) is 0 Å². The minimum Gasteiger partial charge on any atom is -0.349 e. The molecular weight excluding hydrogens is 367 g/mol. The lowest BCUT2D eigenvalue weighted by molar-refractivity contribution is 0.0922. The maximum absolute atomic E-state index is 14.3. The van der Waals surface area contributed by atoms with E-state index < -0.39 is 6.43 Å². The van der Waals surface area contributed by atoms with Crippen LogP contribution in [0, 0.1) is 5.82 Å². The second-order valence-corrected chi connectivity index (χ2v) is 7.89. The molecule has 0 aliphatic heterocycles. The van der Waals surface area contributed by atoms with Crippen molar-refractivity contribution in [2.75, 3.05) is 6.54 Å². The van der Waals surface area contributed by atoms with Crippen molar-refractivity contribution in [3.05, 3.63) is 41.3 Å². The maximum Gasteiger partial charge on any atom is 0.253 e. The third-order valence-electron chi connectivity index (χ3n) is 5.70. The Kier molecular flexibility index (Phi) is 5.53. The highest BCUT2D eigenvalue weighted by Crippen LogP contribution is 2.42. The summed E-state index contributed by atoms with van der Waals surface area (Å²) in [6.45, 7) is -0.288. The Morgan fingerprint density at radius 3 is 2.50 bits per heavy atom. The molecule has 152 valence electrons. The van der Waals surface area contributed by atoms with Gasteiger partial charge in [0.25, 0.3) is 12.3 Å². The molecule has 0 unspecified atom stereocenters. The summed E-state index contributed by atoms with van der Waals surface area (Å²) in [4.78, 5) is 16.9. The standard InChI is InChI=1S/C21H24F3N3O.H2/c22-18-8-13-7-14(10-26-19(13)9-17(18)12-1-2-12)21(28)27-16-5-3-15(4-6-16)25-11-20(23)24;/h7-10,12,15-16,20,25H,1-6,11H2,(H,27,28);1H. The molecule has 2 aliphatic carbocycles. The zero-order valence-corrected chi connectivity index (χ0v) is 15.6. The van der Waals surface area contributed by atoms with Crippen molar-refractivity contribution in [3.8, 4) is 0 Å². The summed E-state index contributed by atoms with van der Waals surface area (Å²) in [6.07, 6.45) is 4.21. The van der Waals surface area contributed by atoms with Crippen LogP contribution in [-0.2, 0) is 0 Å². The predicted octanol–water partition coefficient (Wildman–Crippen LogP) is 4.39. The first-order chi connectivity index (χ1) is 13.5. The van der Waals surface area contributed by atoms with Crippen LogP contribution in [0.15, 0.2) is 24.4 Å².